The predicted octanol–water partition coefficient (Wildman–Crippen LogP) is 13.7. The van der Waals surface area contributed by atoms with Crippen LogP contribution in [0.2, 0.25) is 0 Å². The number of aliphatic imine (C=N–C) groups is 1. The van der Waals surface area contributed by atoms with E-state index in [1.807, 2.05) is 84.9 Å². The first-order chi connectivity index (χ1) is 26.7. The van der Waals surface area contributed by atoms with Gasteiger partial charge in [-0.1, -0.05) is 124 Å². The smallest absolute Gasteiger partial charge is 0.229 e. The fourth-order valence-corrected chi connectivity index (χ4v) is 7.09. The average molecular weight is 714 g/mol. The molecule has 0 spiro atoms. The zero-order valence-electron chi connectivity index (χ0n) is 30.5. The van der Waals surface area contributed by atoms with Crippen LogP contribution in [0.3, 0.4) is 0 Å². The van der Waals surface area contributed by atoms with Crippen LogP contribution in [0.4, 0.5) is 11.4 Å². The molecule has 0 atom stereocenters. The largest absolute Gasteiger partial charge is 0.507 e. The van der Waals surface area contributed by atoms with Gasteiger partial charge in [-0.2, -0.15) is 0 Å². The number of para-hydroxylation sites is 3. The molecule has 0 radical (unpaired) electrons. The summed E-state index contributed by atoms with van der Waals surface area (Å²) in [4.78, 5) is 13.5. The van der Waals surface area contributed by atoms with E-state index in [1.54, 1.807) is 12.3 Å². The molecule has 55 heavy (non-hydrogen) atoms. The summed E-state index contributed by atoms with van der Waals surface area (Å²) in [5.74, 6) is 0.600. The zero-order chi connectivity index (χ0) is 37.7. The highest BCUT2D eigenvalue weighted by atomic mass is 16.3. The van der Waals surface area contributed by atoms with Gasteiger partial charge in [-0.3, -0.25) is 4.99 Å². The Morgan fingerprint density at radius 1 is 0.636 bits per heavy atom. The lowest BCUT2D eigenvalue weighted by Gasteiger charge is -2.19. The van der Waals surface area contributed by atoms with Crippen molar-refractivity contribution in [2.24, 2.45) is 4.99 Å². The Labute approximate surface area is 318 Å². The first-order valence-corrected chi connectivity index (χ1v) is 18.1. The number of hydrogen-bond donors (Lipinski definition) is 1. The molecule has 7 aromatic carbocycles. The van der Waals surface area contributed by atoms with E-state index in [-0.39, 0.29) is 11.2 Å². The number of hydrogen-bond acceptors (Lipinski definition) is 5. The minimum absolute atomic E-state index is 0.0798. The quantitative estimate of drug-likeness (QED) is 0.137. The van der Waals surface area contributed by atoms with Crippen LogP contribution in [0.15, 0.2) is 159 Å². The summed E-state index contributed by atoms with van der Waals surface area (Å²) in [6.07, 6.45) is 1.70. The summed E-state index contributed by atoms with van der Waals surface area (Å²) in [6, 6.07) is 47.9. The molecule has 0 aliphatic carbocycles. The Hall–Kier alpha value is -7.23. The van der Waals surface area contributed by atoms with E-state index in [1.165, 1.54) is 0 Å². The van der Waals surface area contributed by atoms with E-state index in [0.29, 0.717) is 33.9 Å². The van der Waals surface area contributed by atoms with E-state index in [9.17, 15) is 5.11 Å². The third-order valence-electron chi connectivity index (χ3n) is 10.1. The van der Waals surface area contributed by atoms with Crippen LogP contribution in [0.25, 0.3) is 82.7 Å². The van der Waals surface area contributed by atoms with Gasteiger partial charge in [-0.05, 0) is 75.7 Å². The Morgan fingerprint density at radius 2 is 1.31 bits per heavy atom. The summed E-state index contributed by atoms with van der Waals surface area (Å²) < 4.78 is 13.2. The molecular weight excluding hydrogens is 679 g/mol. The third-order valence-corrected chi connectivity index (χ3v) is 10.1. The summed E-state index contributed by atoms with van der Waals surface area (Å²) in [6.45, 7) is 13.7. The summed E-state index contributed by atoms with van der Waals surface area (Å²) >= 11 is 0. The van der Waals surface area contributed by atoms with Crippen LogP contribution < -0.4 is 0 Å². The molecule has 0 unspecified atom stereocenters. The topological polar surface area (TPSA) is 76.1 Å². The Morgan fingerprint density at radius 3 is 2.07 bits per heavy atom. The van der Waals surface area contributed by atoms with Crippen molar-refractivity contribution in [2.45, 2.75) is 26.2 Å². The van der Waals surface area contributed by atoms with Crippen molar-refractivity contribution in [3.8, 4) is 50.6 Å². The third kappa shape index (κ3) is 6.22. The van der Waals surface area contributed by atoms with Gasteiger partial charge in [0, 0.05) is 33.7 Å². The molecule has 2 heterocycles. The van der Waals surface area contributed by atoms with Gasteiger partial charge in [-0.15, -0.1) is 0 Å². The number of phenols is 1. The Kier molecular flexibility index (Phi) is 8.14. The van der Waals surface area contributed by atoms with Gasteiger partial charge in [0.2, 0.25) is 5.89 Å². The van der Waals surface area contributed by atoms with Crippen molar-refractivity contribution < 1.29 is 13.9 Å². The van der Waals surface area contributed by atoms with Crippen molar-refractivity contribution in [2.75, 3.05) is 0 Å². The Bertz CT molecular complexity index is 2970. The van der Waals surface area contributed by atoms with Crippen molar-refractivity contribution >= 4 is 50.6 Å². The van der Waals surface area contributed by atoms with Crippen LogP contribution in [0, 0.1) is 6.57 Å². The van der Waals surface area contributed by atoms with Gasteiger partial charge in [0.15, 0.2) is 11.3 Å². The highest BCUT2D eigenvalue weighted by molar-refractivity contribution is 6.12. The van der Waals surface area contributed by atoms with E-state index in [4.69, 9.17) is 25.4 Å². The van der Waals surface area contributed by atoms with Crippen LogP contribution in [0.5, 0.6) is 5.75 Å². The van der Waals surface area contributed by atoms with Crippen molar-refractivity contribution in [3.05, 3.63) is 168 Å². The molecule has 0 fully saturated rings. The van der Waals surface area contributed by atoms with Crippen molar-refractivity contribution in [1.29, 1.82) is 0 Å². The second-order valence-corrected chi connectivity index (χ2v) is 14.7. The SMILES string of the molecule is [C-]#[N+]c1ccc(-c2ccc(-c3cc(-c4cccc5c4oc4ccccc45)c4nc(-c5ccccc5N=Cc5cc(C(C)(C)C)ccc5O)oc4c3)cc2)cc1. The van der Waals surface area contributed by atoms with E-state index in [2.05, 4.69) is 80.2 Å². The van der Waals surface area contributed by atoms with Crippen LogP contribution >= 0.6 is 0 Å². The lowest BCUT2D eigenvalue weighted by atomic mass is 9.86. The van der Waals surface area contributed by atoms with E-state index < -0.39 is 0 Å². The minimum atomic E-state index is -0.0798. The standard InChI is InChI=1S/C49H35N3O3/c1-49(2,3)35-22-25-43(53)34(26-35)29-51-42-14-7-5-11-40(42)48-52-46-41(39-13-9-12-38-37-10-6-8-15-44(37)54-47(38)39)27-33(28-45(46)55-48)32-18-16-30(17-19-32)31-20-23-36(50-4)24-21-31/h5-29,53H,1-3H3. The molecule has 0 aliphatic heterocycles. The molecule has 264 valence electrons. The summed E-state index contributed by atoms with van der Waals surface area (Å²) in [7, 11) is 0. The maximum Gasteiger partial charge on any atom is 0.229 e. The molecule has 0 bridgehead atoms. The number of benzene rings is 7. The molecule has 6 nitrogen and oxygen atoms in total. The number of oxazole rings is 1. The minimum Gasteiger partial charge on any atom is -0.507 e. The van der Waals surface area contributed by atoms with Gasteiger partial charge < -0.3 is 13.9 Å². The zero-order valence-corrected chi connectivity index (χ0v) is 30.5. The van der Waals surface area contributed by atoms with Crippen LogP contribution in [-0.4, -0.2) is 16.3 Å². The van der Waals surface area contributed by atoms with Crippen molar-refractivity contribution in [1.82, 2.24) is 4.98 Å². The molecule has 1 N–H and O–H groups in total. The first-order valence-electron chi connectivity index (χ1n) is 18.1. The fraction of sp³-hybridized carbons (Fsp3) is 0.0816. The molecule has 0 aliphatic rings. The van der Waals surface area contributed by atoms with Crippen LogP contribution in [0.1, 0.15) is 31.9 Å². The number of furan rings is 1. The average Bonchev–Trinajstić information content (AvgIpc) is 3.82. The normalized spacial score (nSPS) is 11.9. The molecule has 2 aromatic heterocycles. The number of aromatic hydroxyl groups is 1. The second-order valence-electron chi connectivity index (χ2n) is 14.7. The molecule has 0 saturated heterocycles. The number of aromatic nitrogens is 1. The highest BCUT2D eigenvalue weighted by Gasteiger charge is 2.21. The summed E-state index contributed by atoms with van der Waals surface area (Å²) in [5, 5.41) is 12.8. The molecular formula is C49H35N3O3. The van der Waals surface area contributed by atoms with E-state index in [0.717, 1.165) is 66.4 Å². The van der Waals surface area contributed by atoms with E-state index >= 15 is 0 Å². The number of rotatable bonds is 6. The molecule has 0 saturated carbocycles. The monoisotopic (exact) mass is 713 g/mol. The first kappa shape index (κ1) is 33.6. The lowest BCUT2D eigenvalue weighted by molar-refractivity contribution is 0.473. The number of nitrogens with zero attached hydrogens (tertiary/aromatic N) is 3. The maximum atomic E-state index is 10.7. The molecule has 6 heteroatoms. The fourth-order valence-electron chi connectivity index (χ4n) is 7.09. The number of phenolic OH excluding ortho intramolecular Hbond substituents is 1. The molecule has 0 amide bonds. The van der Waals surface area contributed by atoms with Gasteiger partial charge in [0.25, 0.3) is 0 Å². The highest BCUT2D eigenvalue weighted by Crippen LogP contribution is 2.42. The Balaban J connectivity index is 1.19. The second kappa shape index (κ2) is 13.3. The van der Waals surface area contributed by atoms with Crippen molar-refractivity contribution in [3.63, 3.8) is 0 Å². The van der Waals surface area contributed by atoms with Crippen LogP contribution in [-0.2, 0) is 5.41 Å². The lowest BCUT2D eigenvalue weighted by Crippen LogP contribution is -2.11. The van der Waals surface area contributed by atoms with Gasteiger partial charge in [0.1, 0.15) is 22.4 Å². The predicted molar refractivity (Wildman–Crippen MR) is 223 cm³/mol. The van der Waals surface area contributed by atoms with Gasteiger partial charge in [0.05, 0.1) is 17.8 Å². The number of fused-ring (bicyclic) bond motifs is 4. The molecule has 9 rings (SSSR count). The maximum absolute atomic E-state index is 10.7. The van der Waals surface area contributed by atoms with Gasteiger partial charge in [-0.25, -0.2) is 9.83 Å². The summed E-state index contributed by atoms with van der Waals surface area (Å²) in [5.41, 5.74) is 12.5. The molecule has 9 aromatic rings. The van der Waals surface area contributed by atoms with Gasteiger partial charge >= 0.3 is 0 Å².